The Morgan fingerprint density at radius 2 is 1.44 bits per heavy atom. The van der Waals surface area contributed by atoms with E-state index in [1.807, 2.05) is 129 Å². The third-order valence-electron chi connectivity index (χ3n) is 8.48. The molecule has 1 fully saturated rings. The third kappa shape index (κ3) is 8.23. The number of hydrogen-bond acceptors (Lipinski definition) is 8. The summed E-state index contributed by atoms with van der Waals surface area (Å²) in [6.07, 6.45) is -0.477. The van der Waals surface area contributed by atoms with Gasteiger partial charge in [0.15, 0.2) is 5.01 Å². The molecule has 1 unspecified atom stereocenters. The molecule has 0 aliphatic carbocycles. The van der Waals surface area contributed by atoms with E-state index in [2.05, 4.69) is 15.6 Å². The van der Waals surface area contributed by atoms with Gasteiger partial charge in [-0.1, -0.05) is 117 Å². The van der Waals surface area contributed by atoms with Crippen molar-refractivity contribution in [2.45, 2.75) is 50.4 Å². The number of ketones is 1. The van der Waals surface area contributed by atoms with Crippen LogP contribution in [0, 0.1) is 5.92 Å². The first kappa shape index (κ1) is 34.8. The maximum atomic E-state index is 14.5. The lowest BCUT2D eigenvalue weighted by atomic mass is 10.00. The third-order valence-corrected chi connectivity index (χ3v) is 10.9. The predicted molar refractivity (Wildman–Crippen MR) is 197 cm³/mol. The van der Waals surface area contributed by atoms with Crippen LogP contribution in [0.1, 0.15) is 45.7 Å². The van der Waals surface area contributed by atoms with Crippen LogP contribution in [-0.4, -0.2) is 57.5 Å². The van der Waals surface area contributed by atoms with E-state index in [0.717, 1.165) is 26.9 Å². The zero-order valence-electron chi connectivity index (χ0n) is 27.7. The van der Waals surface area contributed by atoms with Crippen molar-refractivity contribution in [2.75, 3.05) is 5.75 Å². The number of nitrogens with one attached hydrogen (secondary N) is 2. The standard InChI is InChI=1S/C39H38N4O5S2/c1-25(2)33(42-39(47)48-23-27-16-8-4-9-17-27)37(46)43-31(24-49-38(43)28-18-10-5-11-19-28)35(45)40-30(22-26-14-6-3-7-15-26)34(44)36-41-29-20-12-13-21-32(29)50-36/h3-21,25,30-31,33,38H,22-24H2,1-2H3,(H,40,45)(H,42,47)/t30-,31-,33-,38?/m0/s1. The Morgan fingerprint density at radius 1 is 0.820 bits per heavy atom. The minimum absolute atomic E-state index is 0.0500. The first-order valence-electron chi connectivity index (χ1n) is 16.5. The molecule has 4 aromatic carbocycles. The fourth-order valence-corrected chi connectivity index (χ4v) is 8.27. The fraction of sp³-hybridized carbons (Fsp3) is 0.256. The quantitative estimate of drug-likeness (QED) is 0.137. The van der Waals surface area contributed by atoms with Crippen molar-refractivity contribution in [1.82, 2.24) is 20.5 Å². The van der Waals surface area contributed by atoms with Gasteiger partial charge in [0.25, 0.3) is 0 Å². The average Bonchev–Trinajstić information content (AvgIpc) is 3.79. The van der Waals surface area contributed by atoms with Gasteiger partial charge in [0, 0.05) is 12.2 Å². The van der Waals surface area contributed by atoms with Gasteiger partial charge >= 0.3 is 6.09 Å². The van der Waals surface area contributed by atoms with Crippen LogP contribution in [0.3, 0.4) is 0 Å². The molecular weight excluding hydrogens is 669 g/mol. The molecule has 50 heavy (non-hydrogen) atoms. The largest absolute Gasteiger partial charge is 0.445 e. The molecule has 1 aliphatic heterocycles. The van der Waals surface area contributed by atoms with Crippen molar-refractivity contribution < 1.29 is 23.9 Å². The Kier molecular flexibility index (Phi) is 11.2. The molecule has 2 N–H and O–H groups in total. The van der Waals surface area contributed by atoms with Crippen molar-refractivity contribution >= 4 is 57.0 Å². The molecule has 0 spiro atoms. The smallest absolute Gasteiger partial charge is 0.408 e. The molecule has 1 aliphatic rings. The van der Waals surface area contributed by atoms with Gasteiger partial charge in [-0.25, -0.2) is 9.78 Å². The van der Waals surface area contributed by atoms with Crippen LogP contribution in [0.4, 0.5) is 4.79 Å². The maximum absolute atomic E-state index is 14.5. The SMILES string of the molecule is CC(C)[C@H](NC(=O)OCc1ccccc1)C(=O)N1C(c2ccccc2)SC[C@H]1C(=O)N[C@@H](Cc1ccccc1)C(=O)c1nc2ccccc2s1. The lowest BCUT2D eigenvalue weighted by Gasteiger charge is -2.34. The van der Waals surface area contributed by atoms with Crippen molar-refractivity contribution in [3.8, 4) is 0 Å². The number of thioether (sulfide) groups is 1. The molecule has 0 saturated carbocycles. The van der Waals surface area contributed by atoms with E-state index in [4.69, 9.17) is 4.74 Å². The number of nitrogens with zero attached hydrogens (tertiary/aromatic N) is 2. The number of alkyl carbamates (subject to hydrolysis) is 1. The number of carbonyl (C=O) groups is 4. The highest BCUT2D eigenvalue weighted by atomic mass is 32.2. The van der Waals surface area contributed by atoms with Crippen LogP contribution >= 0.6 is 23.1 Å². The summed E-state index contributed by atoms with van der Waals surface area (Å²) in [7, 11) is 0. The Morgan fingerprint density at radius 3 is 2.10 bits per heavy atom. The average molecular weight is 707 g/mol. The number of Topliss-reactive ketones (excluding diaryl/α,β-unsaturated/α-hetero) is 1. The summed E-state index contributed by atoms with van der Waals surface area (Å²) in [5.41, 5.74) is 3.26. The van der Waals surface area contributed by atoms with Crippen LogP contribution in [0.15, 0.2) is 115 Å². The van der Waals surface area contributed by atoms with Gasteiger partial charge in [0.05, 0.1) is 16.3 Å². The van der Waals surface area contributed by atoms with E-state index in [0.29, 0.717) is 10.8 Å². The molecule has 1 aromatic heterocycles. The molecule has 9 nitrogen and oxygen atoms in total. The second-order valence-electron chi connectivity index (χ2n) is 12.4. The Bertz CT molecular complexity index is 1900. The Balaban J connectivity index is 1.26. The van der Waals surface area contributed by atoms with Crippen molar-refractivity contribution in [1.29, 1.82) is 0 Å². The normalized spacial score (nSPS) is 16.9. The zero-order chi connectivity index (χ0) is 35.0. The van der Waals surface area contributed by atoms with Gasteiger partial charge in [0.1, 0.15) is 24.1 Å². The van der Waals surface area contributed by atoms with E-state index < -0.39 is 41.4 Å². The number of amides is 3. The van der Waals surface area contributed by atoms with Crippen LogP contribution in [0.25, 0.3) is 10.2 Å². The second-order valence-corrected chi connectivity index (χ2v) is 14.5. The summed E-state index contributed by atoms with van der Waals surface area (Å²) in [5.74, 6) is -1.17. The number of ether oxygens (including phenoxy) is 1. The van der Waals surface area contributed by atoms with Gasteiger partial charge in [-0.15, -0.1) is 23.1 Å². The number of para-hydroxylation sites is 1. The topological polar surface area (TPSA) is 118 Å². The summed E-state index contributed by atoms with van der Waals surface area (Å²) >= 11 is 2.76. The minimum atomic E-state index is -0.969. The van der Waals surface area contributed by atoms with E-state index in [1.54, 1.807) is 4.90 Å². The summed E-state index contributed by atoms with van der Waals surface area (Å²) in [5, 5.41) is 5.60. The summed E-state index contributed by atoms with van der Waals surface area (Å²) in [6, 6.07) is 33.0. The molecule has 11 heteroatoms. The number of benzene rings is 4. The van der Waals surface area contributed by atoms with Crippen LogP contribution in [0.2, 0.25) is 0 Å². The molecule has 2 heterocycles. The lowest BCUT2D eigenvalue weighted by Crippen LogP contribution is -2.57. The monoisotopic (exact) mass is 706 g/mol. The number of hydrogen-bond donors (Lipinski definition) is 2. The molecule has 3 amide bonds. The molecule has 0 radical (unpaired) electrons. The van der Waals surface area contributed by atoms with Gasteiger partial charge in [0.2, 0.25) is 17.6 Å². The van der Waals surface area contributed by atoms with Crippen LogP contribution < -0.4 is 10.6 Å². The molecular formula is C39H38N4O5S2. The van der Waals surface area contributed by atoms with Crippen molar-refractivity contribution in [3.05, 3.63) is 137 Å². The summed E-state index contributed by atoms with van der Waals surface area (Å²) < 4.78 is 6.34. The summed E-state index contributed by atoms with van der Waals surface area (Å²) in [6.45, 7) is 3.72. The van der Waals surface area contributed by atoms with E-state index in [-0.39, 0.29) is 24.7 Å². The highest BCUT2D eigenvalue weighted by Crippen LogP contribution is 2.42. The molecule has 6 rings (SSSR count). The van der Waals surface area contributed by atoms with Crippen LogP contribution in [-0.2, 0) is 27.4 Å². The van der Waals surface area contributed by atoms with Gasteiger partial charge in [-0.2, -0.15) is 0 Å². The van der Waals surface area contributed by atoms with Gasteiger partial charge in [-0.05, 0) is 34.7 Å². The van der Waals surface area contributed by atoms with Crippen molar-refractivity contribution in [2.24, 2.45) is 5.92 Å². The Hall–Kier alpha value is -5.00. The van der Waals surface area contributed by atoms with Crippen molar-refractivity contribution in [3.63, 3.8) is 0 Å². The zero-order valence-corrected chi connectivity index (χ0v) is 29.4. The predicted octanol–water partition coefficient (Wildman–Crippen LogP) is 6.80. The van der Waals surface area contributed by atoms with Gasteiger partial charge in [-0.3, -0.25) is 14.4 Å². The number of rotatable bonds is 12. The van der Waals surface area contributed by atoms with Crippen LogP contribution in [0.5, 0.6) is 0 Å². The van der Waals surface area contributed by atoms with Gasteiger partial charge < -0.3 is 20.3 Å². The second kappa shape index (κ2) is 16.1. The molecule has 0 bridgehead atoms. The first-order valence-corrected chi connectivity index (χ1v) is 18.3. The van der Waals surface area contributed by atoms with E-state index in [9.17, 15) is 19.2 Å². The molecule has 256 valence electrons. The number of fused-ring (bicyclic) bond motifs is 1. The fourth-order valence-electron chi connectivity index (χ4n) is 5.87. The number of aromatic nitrogens is 1. The molecule has 1 saturated heterocycles. The Labute approximate surface area is 299 Å². The molecule has 5 aromatic rings. The minimum Gasteiger partial charge on any atom is -0.445 e. The maximum Gasteiger partial charge on any atom is 0.408 e. The lowest BCUT2D eigenvalue weighted by molar-refractivity contribution is -0.142. The number of thiazole rings is 1. The highest BCUT2D eigenvalue weighted by Gasteiger charge is 2.46. The van der Waals surface area contributed by atoms with E-state index >= 15 is 0 Å². The highest BCUT2D eigenvalue weighted by molar-refractivity contribution is 7.99. The first-order chi connectivity index (χ1) is 24.3. The summed E-state index contributed by atoms with van der Waals surface area (Å²) in [4.78, 5) is 62.0. The molecule has 4 atom stereocenters. The van der Waals surface area contributed by atoms with E-state index in [1.165, 1.54) is 23.1 Å². The number of carbonyl (C=O) groups excluding carboxylic acids is 4.